The number of hydrogen-bond acceptors (Lipinski definition) is 5. The van der Waals surface area contributed by atoms with Gasteiger partial charge < -0.3 is 14.8 Å². The molecule has 0 atom stereocenters. The van der Waals surface area contributed by atoms with Gasteiger partial charge in [0.25, 0.3) is 0 Å². The van der Waals surface area contributed by atoms with Crippen LogP contribution in [0, 0.1) is 0 Å². The third kappa shape index (κ3) is 3.85. The van der Waals surface area contributed by atoms with Gasteiger partial charge in [-0.15, -0.1) is 11.3 Å². The van der Waals surface area contributed by atoms with E-state index in [1.54, 1.807) is 7.11 Å². The number of ether oxygens (including phenoxy) is 2. The molecule has 0 saturated heterocycles. The fraction of sp³-hybridized carbons (Fsp3) is 0.368. The van der Waals surface area contributed by atoms with Crippen LogP contribution >= 0.6 is 11.3 Å². The number of hydrogen-bond donors (Lipinski definition) is 1. The summed E-state index contributed by atoms with van der Waals surface area (Å²) in [4.78, 5) is 25.9. The molecule has 0 radical (unpaired) electrons. The van der Waals surface area contributed by atoms with E-state index in [1.165, 1.54) is 23.3 Å². The number of methoxy groups -OCH3 is 2. The number of anilines is 1. The van der Waals surface area contributed by atoms with Gasteiger partial charge in [-0.3, -0.25) is 4.79 Å². The van der Waals surface area contributed by atoms with E-state index in [-0.39, 0.29) is 18.3 Å². The van der Waals surface area contributed by atoms with Gasteiger partial charge in [0.1, 0.15) is 10.8 Å². The first-order valence-corrected chi connectivity index (χ1v) is 9.09. The maximum atomic E-state index is 12.5. The van der Waals surface area contributed by atoms with E-state index in [1.807, 2.05) is 24.3 Å². The van der Waals surface area contributed by atoms with E-state index in [4.69, 9.17) is 9.47 Å². The topological polar surface area (TPSA) is 64.6 Å². The van der Waals surface area contributed by atoms with E-state index in [2.05, 4.69) is 5.32 Å². The van der Waals surface area contributed by atoms with Crippen molar-refractivity contribution in [2.45, 2.75) is 32.1 Å². The van der Waals surface area contributed by atoms with Gasteiger partial charge in [0, 0.05) is 4.88 Å². The third-order valence-corrected chi connectivity index (χ3v) is 5.52. The van der Waals surface area contributed by atoms with Gasteiger partial charge in [-0.05, 0) is 48.9 Å². The minimum absolute atomic E-state index is 0.156. The summed E-state index contributed by atoms with van der Waals surface area (Å²) >= 11 is 1.49. The first kappa shape index (κ1) is 17.5. The van der Waals surface area contributed by atoms with Crippen molar-refractivity contribution in [1.82, 2.24) is 0 Å². The second kappa shape index (κ2) is 7.70. The average Bonchev–Trinajstić information content (AvgIpc) is 2.98. The Hall–Kier alpha value is -2.34. The summed E-state index contributed by atoms with van der Waals surface area (Å²) < 4.78 is 10.1. The number of fused-ring (bicyclic) bond motifs is 1. The Bertz CT molecular complexity index is 797. The minimum atomic E-state index is -0.379. The molecule has 1 N–H and O–H groups in total. The highest BCUT2D eigenvalue weighted by atomic mass is 32.1. The molecule has 0 bridgehead atoms. The normalized spacial score (nSPS) is 13.0. The van der Waals surface area contributed by atoms with Crippen LogP contribution in [0.4, 0.5) is 5.00 Å². The number of rotatable bonds is 5. The monoisotopic (exact) mass is 359 g/mol. The van der Waals surface area contributed by atoms with Gasteiger partial charge in [0.15, 0.2) is 0 Å². The largest absolute Gasteiger partial charge is 0.497 e. The summed E-state index contributed by atoms with van der Waals surface area (Å²) in [5.41, 5.74) is 2.43. The SMILES string of the molecule is COC(=O)c1c(NC(=O)Cc2cccc(OC)c2)sc2c1CCCC2. The van der Waals surface area contributed by atoms with Crippen LogP contribution in [0.15, 0.2) is 24.3 Å². The van der Waals surface area contributed by atoms with E-state index in [0.717, 1.165) is 36.8 Å². The fourth-order valence-electron chi connectivity index (χ4n) is 3.11. The van der Waals surface area contributed by atoms with Crippen molar-refractivity contribution in [2.24, 2.45) is 0 Å². The molecule has 0 spiro atoms. The molecule has 25 heavy (non-hydrogen) atoms. The van der Waals surface area contributed by atoms with Crippen molar-refractivity contribution in [3.05, 3.63) is 45.8 Å². The van der Waals surface area contributed by atoms with Crippen LogP contribution in [-0.4, -0.2) is 26.1 Å². The van der Waals surface area contributed by atoms with Crippen LogP contribution < -0.4 is 10.1 Å². The molecule has 1 aromatic heterocycles. The number of thiophene rings is 1. The third-order valence-electron chi connectivity index (χ3n) is 4.31. The lowest BCUT2D eigenvalue weighted by atomic mass is 9.95. The molecule has 5 nitrogen and oxygen atoms in total. The number of carbonyl (C=O) groups excluding carboxylic acids is 2. The molecule has 2 aromatic rings. The molecule has 6 heteroatoms. The summed E-state index contributed by atoms with van der Waals surface area (Å²) in [5.74, 6) is 0.181. The Labute approximate surface area is 151 Å². The lowest BCUT2D eigenvalue weighted by molar-refractivity contribution is -0.115. The summed E-state index contributed by atoms with van der Waals surface area (Å²) in [6, 6.07) is 7.40. The maximum Gasteiger partial charge on any atom is 0.341 e. The molecule has 0 fully saturated rings. The van der Waals surface area contributed by atoms with Crippen molar-refractivity contribution in [1.29, 1.82) is 0 Å². The van der Waals surface area contributed by atoms with Crippen molar-refractivity contribution in [3.63, 3.8) is 0 Å². The lowest BCUT2D eigenvalue weighted by Gasteiger charge is -2.11. The highest BCUT2D eigenvalue weighted by Crippen LogP contribution is 2.38. The molecule has 1 aliphatic carbocycles. The standard InChI is InChI=1S/C19H21NO4S/c1-23-13-7-5-6-12(10-13)11-16(21)20-18-17(19(22)24-2)14-8-3-4-9-15(14)25-18/h5-7,10H,3-4,8-9,11H2,1-2H3,(H,20,21). The minimum Gasteiger partial charge on any atom is -0.497 e. The van der Waals surface area contributed by atoms with E-state index >= 15 is 0 Å². The van der Waals surface area contributed by atoms with Gasteiger partial charge in [-0.1, -0.05) is 12.1 Å². The molecule has 0 saturated carbocycles. The predicted octanol–water partition coefficient (Wildman–Crippen LogP) is 3.60. The number of amides is 1. The molecule has 1 amide bonds. The van der Waals surface area contributed by atoms with Crippen LogP contribution in [0.25, 0.3) is 0 Å². The Kier molecular flexibility index (Phi) is 5.38. The van der Waals surface area contributed by atoms with Crippen molar-refractivity contribution >= 4 is 28.2 Å². The van der Waals surface area contributed by atoms with Gasteiger partial charge in [-0.25, -0.2) is 4.79 Å². The van der Waals surface area contributed by atoms with Crippen molar-refractivity contribution in [3.8, 4) is 5.75 Å². The number of carbonyl (C=O) groups is 2. The maximum absolute atomic E-state index is 12.5. The van der Waals surface area contributed by atoms with Gasteiger partial charge >= 0.3 is 5.97 Å². The highest BCUT2D eigenvalue weighted by molar-refractivity contribution is 7.17. The molecule has 3 rings (SSSR count). The van der Waals surface area contributed by atoms with Crippen LogP contribution in [0.1, 0.15) is 39.2 Å². The molecule has 1 aliphatic rings. The van der Waals surface area contributed by atoms with Crippen LogP contribution in [0.3, 0.4) is 0 Å². The molecule has 1 heterocycles. The van der Waals surface area contributed by atoms with Gasteiger partial charge in [-0.2, -0.15) is 0 Å². The molecular weight excluding hydrogens is 338 g/mol. The Morgan fingerprint density at radius 2 is 2.00 bits per heavy atom. The zero-order valence-electron chi connectivity index (χ0n) is 14.4. The summed E-state index contributed by atoms with van der Waals surface area (Å²) in [6.45, 7) is 0. The molecule has 132 valence electrons. The number of aryl methyl sites for hydroxylation is 1. The smallest absolute Gasteiger partial charge is 0.341 e. The van der Waals surface area contributed by atoms with Crippen molar-refractivity contribution in [2.75, 3.05) is 19.5 Å². The van der Waals surface area contributed by atoms with Crippen LogP contribution in [-0.2, 0) is 28.8 Å². The van der Waals surface area contributed by atoms with E-state index in [0.29, 0.717) is 16.3 Å². The molecular formula is C19H21NO4S. The Balaban J connectivity index is 1.80. The first-order chi connectivity index (χ1) is 12.1. The van der Waals surface area contributed by atoms with Crippen LogP contribution in [0.5, 0.6) is 5.75 Å². The zero-order valence-corrected chi connectivity index (χ0v) is 15.2. The van der Waals surface area contributed by atoms with Crippen LogP contribution in [0.2, 0.25) is 0 Å². The molecule has 1 aromatic carbocycles. The average molecular weight is 359 g/mol. The number of esters is 1. The summed E-state index contributed by atoms with van der Waals surface area (Å²) in [7, 11) is 2.97. The second-order valence-electron chi connectivity index (χ2n) is 5.98. The zero-order chi connectivity index (χ0) is 17.8. The predicted molar refractivity (Wildman–Crippen MR) is 97.6 cm³/mol. The molecule has 0 aliphatic heterocycles. The summed E-state index contributed by atoms with van der Waals surface area (Å²) in [5, 5.41) is 3.51. The first-order valence-electron chi connectivity index (χ1n) is 8.28. The van der Waals surface area contributed by atoms with E-state index in [9.17, 15) is 9.59 Å². The van der Waals surface area contributed by atoms with Gasteiger partial charge in [0.2, 0.25) is 5.91 Å². The fourth-order valence-corrected chi connectivity index (χ4v) is 4.40. The van der Waals surface area contributed by atoms with Gasteiger partial charge in [0.05, 0.1) is 26.2 Å². The molecule has 0 unspecified atom stereocenters. The van der Waals surface area contributed by atoms with Crippen molar-refractivity contribution < 1.29 is 19.1 Å². The second-order valence-corrected chi connectivity index (χ2v) is 7.09. The highest BCUT2D eigenvalue weighted by Gasteiger charge is 2.26. The lowest BCUT2D eigenvalue weighted by Crippen LogP contribution is -2.16. The Morgan fingerprint density at radius 3 is 2.76 bits per heavy atom. The number of benzene rings is 1. The summed E-state index contributed by atoms with van der Waals surface area (Å²) in [6.07, 6.45) is 4.22. The van der Waals surface area contributed by atoms with E-state index < -0.39 is 0 Å². The quantitative estimate of drug-likeness (QED) is 0.829. The number of nitrogens with one attached hydrogen (secondary N) is 1. The Morgan fingerprint density at radius 1 is 1.20 bits per heavy atom.